The van der Waals surface area contributed by atoms with Crippen molar-refractivity contribution in [2.24, 2.45) is 5.41 Å². The molecule has 0 bridgehead atoms. The van der Waals surface area contributed by atoms with Gasteiger partial charge in [-0.2, -0.15) is 0 Å². The molecule has 0 unspecified atom stereocenters. The highest BCUT2D eigenvalue weighted by Gasteiger charge is 2.44. The highest BCUT2D eigenvalue weighted by atomic mass is 32.1. The summed E-state index contributed by atoms with van der Waals surface area (Å²) >= 11 is 1.58. The average molecular weight is 576 g/mol. The molecule has 1 aliphatic rings. The topological polar surface area (TPSA) is 153 Å². The molecule has 0 saturated carbocycles. The molecule has 0 spiro atoms. The lowest BCUT2D eigenvalue weighted by Crippen LogP contribution is -2.57. The van der Waals surface area contributed by atoms with Crippen LogP contribution in [0, 0.1) is 12.3 Å². The van der Waals surface area contributed by atoms with Crippen molar-refractivity contribution in [3.8, 4) is 10.4 Å². The standard InChI is InChI=1S/C29H33N7O4S/c1-16-23(41-15-34-16)18-7-5-17(6-8-18)11-31-27(39)22-10-20(37)13-36(22)28(40)24(29(2,3)4)35-26(38)19-9-21-25(30-12-19)33-14-32-21/h5-9,12,14-15,20,22,24,37H,10-11,13H2,1-4H3,(H,31,39)(H,35,38)(H,30,32,33)/t20-,22+,24-/m1/s1. The van der Waals surface area contributed by atoms with E-state index < -0.39 is 35.4 Å². The van der Waals surface area contributed by atoms with Crippen LogP contribution in [0.5, 0.6) is 0 Å². The van der Waals surface area contributed by atoms with Gasteiger partial charge < -0.3 is 25.6 Å². The van der Waals surface area contributed by atoms with Gasteiger partial charge in [-0.3, -0.25) is 14.4 Å². The number of rotatable bonds is 7. The Kier molecular flexibility index (Phi) is 7.87. The molecule has 1 aliphatic heterocycles. The number of aromatic amines is 1. The number of aryl methyl sites for hydroxylation is 1. The van der Waals surface area contributed by atoms with Crippen molar-refractivity contribution in [1.29, 1.82) is 0 Å². The zero-order valence-corrected chi connectivity index (χ0v) is 24.2. The number of carbonyl (C=O) groups is 3. The third kappa shape index (κ3) is 6.13. The smallest absolute Gasteiger partial charge is 0.253 e. The van der Waals surface area contributed by atoms with E-state index in [0.717, 1.165) is 21.7 Å². The number of nitrogens with zero attached hydrogens (tertiary/aromatic N) is 4. The number of imidazole rings is 1. The number of benzene rings is 1. The lowest BCUT2D eigenvalue weighted by Gasteiger charge is -2.35. The third-order valence-corrected chi connectivity index (χ3v) is 8.19. The zero-order valence-electron chi connectivity index (χ0n) is 23.3. The molecular formula is C29H33N7O4S. The Morgan fingerprint density at radius 1 is 1.17 bits per heavy atom. The van der Waals surface area contributed by atoms with Crippen LogP contribution in [0.15, 0.2) is 48.4 Å². The van der Waals surface area contributed by atoms with Gasteiger partial charge in [-0.25, -0.2) is 15.0 Å². The maximum absolute atomic E-state index is 13.8. The third-order valence-electron chi connectivity index (χ3n) is 7.22. The lowest BCUT2D eigenvalue weighted by atomic mass is 9.85. The monoisotopic (exact) mass is 575 g/mol. The minimum Gasteiger partial charge on any atom is -0.391 e. The maximum atomic E-state index is 13.8. The van der Waals surface area contributed by atoms with Crippen LogP contribution in [0.3, 0.4) is 0 Å². The summed E-state index contributed by atoms with van der Waals surface area (Å²) in [4.78, 5) is 58.2. The minimum atomic E-state index is -0.948. The van der Waals surface area contributed by atoms with Crippen molar-refractivity contribution >= 4 is 40.2 Å². The van der Waals surface area contributed by atoms with Crippen LogP contribution in [0.25, 0.3) is 21.6 Å². The second-order valence-corrected chi connectivity index (χ2v) is 12.2. The van der Waals surface area contributed by atoms with Gasteiger partial charge in [0.1, 0.15) is 12.1 Å². The molecule has 4 N–H and O–H groups in total. The van der Waals surface area contributed by atoms with Gasteiger partial charge >= 0.3 is 0 Å². The van der Waals surface area contributed by atoms with Gasteiger partial charge in [-0.15, -0.1) is 11.3 Å². The summed E-state index contributed by atoms with van der Waals surface area (Å²) in [6.45, 7) is 7.76. The molecule has 1 saturated heterocycles. The predicted octanol–water partition coefficient (Wildman–Crippen LogP) is 2.81. The first-order valence-corrected chi connectivity index (χ1v) is 14.2. The van der Waals surface area contributed by atoms with Gasteiger partial charge in [0, 0.05) is 25.7 Å². The number of nitrogens with one attached hydrogen (secondary N) is 3. The molecule has 0 aliphatic carbocycles. The van der Waals surface area contributed by atoms with Crippen LogP contribution in [-0.2, 0) is 16.1 Å². The predicted molar refractivity (Wildman–Crippen MR) is 155 cm³/mol. The van der Waals surface area contributed by atoms with E-state index in [-0.39, 0.29) is 31.0 Å². The summed E-state index contributed by atoms with van der Waals surface area (Å²) < 4.78 is 0. The van der Waals surface area contributed by atoms with Crippen molar-refractivity contribution in [2.45, 2.75) is 58.8 Å². The van der Waals surface area contributed by atoms with E-state index in [1.807, 2.05) is 57.5 Å². The summed E-state index contributed by atoms with van der Waals surface area (Å²) in [5.41, 5.74) is 5.44. The van der Waals surface area contributed by atoms with E-state index in [0.29, 0.717) is 11.2 Å². The highest BCUT2D eigenvalue weighted by molar-refractivity contribution is 7.13. The molecule has 5 rings (SSSR count). The van der Waals surface area contributed by atoms with E-state index >= 15 is 0 Å². The first kappa shape index (κ1) is 28.4. The van der Waals surface area contributed by atoms with Crippen molar-refractivity contribution in [3.05, 3.63) is 65.2 Å². The van der Waals surface area contributed by atoms with Gasteiger partial charge in [0.15, 0.2) is 5.65 Å². The van der Waals surface area contributed by atoms with Gasteiger partial charge in [0.25, 0.3) is 5.91 Å². The summed E-state index contributed by atoms with van der Waals surface area (Å²) in [6.07, 6.45) is 2.17. The number of hydrogen-bond donors (Lipinski definition) is 4. The van der Waals surface area contributed by atoms with E-state index in [1.165, 1.54) is 17.4 Å². The molecule has 3 amide bonds. The number of aliphatic hydroxyl groups is 1. The number of H-pyrrole nitrogens is 1. The Labute approximate surface area is 241 Å². The van der Waals surface area contributed by atoms with E-state index in [9.17, 15) is 19.5 Å². The Bertz CT molecular complexity index is 1570. The van der Waals surface area contributed by atoms with Gasteiger partial charge in [-0.05, 0) is 29.5 Å². The Balaban J connectivity index is 1.27. The summed E-state index contributed by atoms with van der Waals surface area (Å²) in [5, 5.41) is 16.2. The number of fused-ring (bicyclic) bond motifs is 1. The number of hydrogen-bond acceptors (Lipinski definition) is 8. The number of aliphatic hydroxyl groups excluding tert-OH is 1. The Hall–Kier alpha value is -4.16. The molecule has 0 radical (unpaired) electrons. The zero-order chi connectivity index (χ0) is 29.3. The molecule has 4 aromatic rings. The maximum Gasteiger partial charge on any atom is 0.253 e. The molecule has 1 fully saturated rings. The average Bonchev–Trinajstić information content (AvgIpc) is 3.68. The number of pyridine rings is 1. The summed E-state index contributed by atoms with van der Waals surface area (Å²) in [6, 6.07) is 7.69. The number of amides is 3. The SMILES string of the molecule is Cc1ncsc1-c1ccc(CNC(=O)[C@@H]2C[C@@H](O)CN2C(=O)[C@@H](NC(=O)c2cnc3nc[nH]c3c2)C(C)(C)C)cc1. The minimum absolute atomic E-state index is 0.00390. The largest absolute Gasteiger partial charge is 0.391 e. The number of carbonyl (C=O) groups excluding carboxylic acids is 3. The first-order chi connectivity index (χ1) is 19.5. The second kappa shape index (κ2) is 11.4. The fraction of sp³-hybridized carbons (Fsp3) is 0.379. The molecular weight excluding hydrogens is 542 g/mol. The first-order valence-electron chi connectivity index (χ1n) is 13.4. The van der Waals surface area contributed by atoms with Crippen LogP contribution in [-0.4, -0.2) is 72.4 Å². The fourth-order valence-corrected chi connectivity index (χ4v) is 5.76. The van der Waals surface area contributed by atoms with Gasteiger partial charge in [-0.1, -0.05) is 45.0 Å². The van der Waals surface area contributed by atoms with Crippen molar-refractivity contribution in [1.82, 2.24) is 35.5 Å². The van der Waals surface area contributed by atoms with E-state index in [2.05, 4.69) is 30.6 Å². The van der Waals surface area contributed by atoms with E-state index in [4.69, 9.17) is 0 Å². The summed E-state index contributed by atoms with van der Waals surface area (Å²) in [7, 11) is 0. The van der Waals surface area contributed by atoms with Crippen molar-refractivity contribution in [2.75, 3.05) is 6.54 Å². The summed E-state index contributed by atoms with van der Waals surface area (Å²) in [5.74, 6) is -1.26. The van der Waals surface area contributed by atoms with Crippen LogP contribution in [0.4, 0.5) is 0 Å². The molecule has 3 aromatic heterocycles. The molecule has 11 nitrogen and oxygen atoms in total. The van der Waals surface area contributed by atoms with Crippen LogP contribution in [0.1, 0.15) is 48.8 Å². The van der Waals surface area contributed by atoms with Gasteiger partial charge in [0.2, 0.25) is 11.8 Å². The Morgan fingerprint density at radius 2 is 1.93 bits per heavy atom. The Morgan fingerprint density at radius 3 is 2.61 bits per heavy atom. The molecule has 41 heavy (non-hydrogen) atoms. The molecule has 1 aromatic carbocycles. The highest BCUT2D eigenvalue weighted by Crippen LogP contribution is 2.28. The lowest BCUT2D eigenvalue weighted by molar-refractivity contribution is -0.142. The second-order valence-electron chi connectivity index (χ2n) is 11.3. The van der Waals surface area contributed by atoms with Gasteiger partial charge in [0.05, 0.1) is 39.6 Å². The fourth-order valence-electron chi connectivity index (χ4n) is 4.95. The number of β-amino-alcohol motifs (C(OH)–C–C–N with tert-alkyl or cyclic N) is 1. The number of likely N-dealkylation sites (tertiary alicyclic amines) is 1. The molecule has 3 atom stereocenters. The van der Waals surface area contributed by atoms with Crippen molar-refractivity contribution in [3.63, 3.8) is 0 Å². The molecule has 12 heteroatoms. The van der Waals surface area contributed by atoms with Crippen LogP contribution in [0.2, 0.25) is 0 Å². The number of aromatic nitrogens is 4. The van der Waals surface area contributed by atoms with Crippen molar-refractivity contribution < 1.29 is 19.5 Å². The number of thiazole rings is 1. The quantitative estimate of drug-likeness (QED) is 0.264. The van der Waals surface area contributed by atoms with Crippen LogP contribution < -0.4 is 10.6 Å². The molecule has 214 valence electrons. The van der Waals surface area contributed by atoms with E-state index in [1.54, 1.807) is 17.4 Å². The van der Waals surface area contributed by atoms with Crippen LogP contribution >= 0.6 is 11.3 Å². The normalized spacial score (nSPS) is 17.9. The molecule has 4 heterocycles.